The van der Waals surface area contributed by atoms with E-state index in [1.165, 1.54) is 30.5 Å². The molecule has 1 heterocycles. The quantitative estimate of drug-likeness (QED) is 0.673. The van der Waals surface area contributed by atoms with Gasteiger partial charge >= 0.3 is 5.97 Å². The molecule has 0 saturated heterocycles. The monoisotopic (exact) mass is 418 g/mol. The molecule has 0 N–H and O–H groups in total. The average Bonchev–Trinajstić information content (AvgIpc) is 2.91. The maximum absolute atomic E-state index is 12.3. The van der Waals surface area contributed by atoms with Crippen molar-refractivity contribution in [1.29, 1.82) is 0 Å². The second kappa shape index (κ2) is 7.52. The summed E-state index contributed by atoms with van der Waals surface area (Å²) in [5.41, 5.74) is 0.652. The van der Waals surface area contributed by atoms with Gasteiger partial charge in [0.15, 0.2) is 0 Å². The number of thiazole rings is 1. The molecule has 0 unspecified atom stereocenters. The Morgan fingerprint density at radius 3 is 2.57 bits per heavy atom. The maximum Gasteiger partial charge on any atom is 0.321 e. The van der Waals surface area contributed by atoms with Crippen molar-refractivity contribution in [3.63, 3.8) is 0 Å². The summed E-state index contributed by atoms with van der Waals surface area (Å²) in [6.07, 6.45) is 0. The summed E-state index contributed by atoms with van der Waals surface area (Å²) < 4.78 is 31.5. The standard InChI is InChI=1S/C14H15BrN2O4S2/c1-10-16-12(9-22-10)8-21-14(18)7-17(2)23(19,20)13-5-3-11(15)4-6-13/h3-6,9H,7-8H2,1-2H3. The molecule has 0 amide bonds. The summed E-state index contributed by atoms with van der Waals surface area (Å²) in [7, 11) is -2.39. The van der Waals surface area contributed by atoms with Crippen LogP contribution in [0.4, 0.5) is 0 Å². The first kappa shape index (κ1) is 18.1. The third-order valence-corrected chi connectivity index (χ3v) is 6.09. The topological polar surface area (TPSA) is 76.6 Å². The van der Waals surface area contributed by atoms with Crippen LogP contribution < -0.4 is 0 Å². The van der Waals surface area contributed by atoms with Gasteiger partial charge in [0.25, 0.3) is 0 Å². The number of hydrogen-bond acceptors (Lipinski definition) is 6. The molecule has 0 aliphatic heterocycles. The first-order valence-corrected chi connectivity index (χ1v) is 9.69. The van der Waals surface area contributed by atoms with Gasteiger partial charge in [-0.2, -0.15) is 4.31 Å². The van der Waals surface area contributed by atoms with E-state index in [0.717, 1.165) is 13.8 Å². The number of sulfonamides is 1. The van der Waals surface area contributed by atoms with Gasteiger partial charge in [-0.1, -0.05) is 15.9 Å². The fraction of sp³-hybridized carbons (Fsp3) is 0.286. The van der Waals surface area contributed by atoms with Crippen LogP contribution in [0.2, 0.25) is 0 Å². The lowest BCUT2D eigenvalue weighted by Crippen LogP contribution is -2.33. The van der Waals surface area contributed by atoms with Gasteiger partial charge in [-0.05, 0) is 31.2 Å². The number of esters is 1. The number of likely N-dealkylation sites (N-methyl/N-ethyl adjacent to an activating group) is 1. The van der Waals surface area contributed by atoms with Crippen molar-refractivity contribution in [2.45, 2.75) is 18.4 Å². The number of aromatic nitrogens is 1. The van der Waals surface area contributed by atoms with Gasteiger partial charge in [0.1, 0.15) is 13.2 Å². The van der Waals surface area contributed by atoms with Gasteiger partial charge in [-0.25, -0.2) is 13.4 Å². The van der Waals surface area contributed by atoms with Crippen LogP contribution in [0.15, 0.2) is 39.0 Å². The van der Waals surface area contributed by atoms with Crippen LogP contribution in [0.3, 0.4) is 0 Å². The Labute approximate surface area is 147 Å². The Hall–Kier alpha value is -1.29. The molecule has 1 aromatic heterocycles. The normalized spacial score (nSPS) is 11.7. The van der Waals surface area contributed by atoms with E-state index in [0.29, 0.717) is 5.69 Å². The first-order chi connectivity index (χ1) is 10.8. The predicted molar refractivity (Wildman–Crippen MR) is 90.6 cm³/mol. The number of hydrogen-bond donors (Lipinski definition) is 0. The minimum absolute atomic E-state index is 0.0370. The summed E-state index contributed by atoms with van der Waals surface area (Å²) in [4.78, 5) is 16.1. The van der Waals surface area contributed by atoms with E-state index < -0.39 is 16.0 Å². The third-order valence-electron chi connectivity index (χ3n) is 2.92. The molecule has 0 aliphatic rings. The molecule has 9 heteroatoms. The first-order valence-electron chi connectivity index (χ1n) is 6.57. The Morgan fingerprint density at radius 2 is 2.00 bits per heavy atom. The molecule has 23 heavy (non-hydrogen) atoms. The molecule has 0 saturated carbocycles. The number of carbonyl (C=O) groups excluding carboxylic acids is 1. The lowest BCUT2D eigenvalue weighted by Gasteiger charge is -2.16. The van der Waals surface area contributed by atoms with Crippen molar-refractivity contribution in [2.24, 2.45) is 0 Å². The number of halogens is 1. The van der Waals surface area contributed by atoms with Crippen molar-refractivity contribution in [3.8, 4) is 0 Å². The van der Waals surface area contributed by atoms with E-state index >= 15 is 0 Å². The van der Waals surface area contributed by atoms with E-state index in [-0.39, 0.29) is 18.0 Å². The van der Waals surface area contributed by atoms with Crippen LogP contribution in [0.5, 0.6) is 0 Å². The molecule has 0 bridgehead atoms. The highest BCUT2D eigenvalue weighted by atomic mass is 79.9. The van der Waals surface area contributed by atoms with E-state index in [1.54, 1.807) is 17.5 Å². The van der Waals surface area contributed by atoms with Crippen molar-refractivity contribution in [1.82, 2.24) is 9.29 Å². The third kappa shape index (κ3) is 4.84. The number of aryl methyl sites for hydroxylation is 1. The molecule has 2 rings (SSSR count). The summed E-state index contributed by atoms with van der Waals surface area (Å²) in [5, 5.41) is 2.68. The maximum atomic E-state index is 12.3. The average molecular weight is 419 g/mol. The second-order valence-electron chi connectivity index (χ2n) is 4.73. The minimum Gasteiger partial charge on any atom is -0.458 e. The van der Waals surface area contributed by atoms with Crippen LogP contribution in [0, 0.1) is 6.92 Å². The Balaban J connectivity index is 1.95. The summed E-state index contributed by atoms with van der Waals surface area (Å²) in [6.45, 7) is 1.53. The lowest BCUT2D eigenvalue weighted by molar-refractivity contribution is -0.145. The smallest absolute Gasteiger partial charge is 0.321 e. The number of nitrogens with zero attached hydrogens (tertiary/aromatic N) is 2. The number of benzene rings is 1. The van der Waals surface area contributed by atoms with Crippen LogP contribution >= 0.6 is 27.3 Å². The zero-order valence-corrected chi connectivity index (χ0v) is 15.7. The summed E-state index contributed by atoms with van der Waals surface area (Å²) >= 11 is 4.71. The summed E-state index contributed by atoms with van der Waals surface area (Å²) in [6, 6.07) is 6.20. The lowest BCUT2D eigenvalue weighted by atomic mass is 10.4. The predicted octanol–water partition coefficient (Wildman–Crippen LogP) is 2.58. The highest BCUT2D eigenvalue weighted by Gasteiger charge is 2.23. The van der Waals surface area contributed by atoms with Crippen molar-refractivity contribution < 1.29 is 17.9 Å². The molecule has 2 aromatic rings. The molecule has 0 spiro atoms. The molecule has 1 aromatic carbocycles. The Morgan fingerprint density at radius 1 is 1.35 bits per heavy atom. The highest BCUT2D eigenvalue weighted by Crippen LogP contribution is 2.18. The van der Waals surface area contributed by atoms with Gasteiger partial charge in [0.05, 0.1) is 15.6 Å². The molecule has 0 atom stereocenters. The second-order valence-corrected chi connectivity index (χ2v) is 8.76. The molecule has 6 nitrogen and oxygen atoms in total. The minimum atomic E-state index is -3.73. The fourth-order valence-electron chi connectivity index (χ4n) is 1.73. The SMILES string of the molecule is Cc1nc(COC(=O)CN(C)S(=O)(=O)c2ccc(Br)cc2)cs1. The van der Waals surface area contributed by atoms with E-state index in [1.807, 2.05) is 6.92 Å². The van der Waals surface area contributed by atoms with Gasteiger partial charge in [-0.15, -0.1) is 11.3 Å². The Bertz CT molecular complexity index is 787. The Kier molecular flexibility index (Phi) is 5.90. The van der Waals surface area contributed by atoms with Gasteiger partial charge in [0.2, 0.25) is 10.0 Å². The summed E-state index contributed by atoms with van der Waals surface area (Å²) in [5.74, 6) is -0.626. The van der Waals surface area contributed by atoms with Crippen LogP contribution in [0.1, 0.15) is 10.7 Å². The van der Waals surface area contributed by atoms with Crippen LogP contribution in [-0.4, -0.2) is 37.3 Å². The van der Waals surface area contributed by atoms with Crippen LogP contribution in [0.25, 0.3) is 0 Å². The highest BCUT2D eigenvalue weighted by molar-refractivity contribution is 9.10. The van der Waals surface area contributed by atoms with Gasteiger partial charge in [-0.3, -0.25) is 4.79 Å². The fourth-order valence-corrected chi connectivity index (χ4v) is 3.70. The number of ether oxygens (including phenoxy) is 1. The van der Waals surface area contributed by atoms with Crippen molar-refractivity contribution in [2.75, 3.05) is 13.6 Å². The molecule has 124 valence electrons. The number of carbonyl (C=O) groups is 1. The van der Waals surface area contributed by atoms with Gasteiger partial charge in [0, 0.05) is 16.9 Å². The largest absolute Gasteiger partial charge is 0.458 e. The zero-order chi connectivity index (χ0) is 17.0. The van der Waals surface area contributed by atoms with E-state index in [9.17, 15) is 13.2 Å². The molecular weight excluding hydrogens is 404 g/mol. The number of rotatable bonds is 6. The molecule has 0 radical (unpaired) electrons. The van der Waals surface area contributed by atoms with Crippen molar-refractivity contribution >= 4 is 43.3 Å². The molecular formula is C14H15BrN2O4S2. The molecule has 0 aliphatic carbocycles. The zero-order valence-electron chi connectivity index (χ0n) is 12.5. The molecule has 0 fully saturated rings. The van der Waals surface area contributed by atoms with E-state index in [4.69, 9.17) is 4.74 Å². The van der Waals surface area contributed by atoms with Crippen molar-refractivity contribution in [3.05, 3.63) is 44.8 Å². The van der Waals surface area contributed by atoms with Gasteiger partial charge < -0.3 is 4.74 Å². The van der Waals surface area contributed by atoms with E-state index in [2.05, 4.69) is 20.9 Å². The van der Waals surface area contributed by atoms with Crippen LogP contribution in [-0.2, 0) is 26.2 Å².